The van der Waals surface area contributed by atoms with Gasteiger partial charge in [0.05, 0.1) is 0 Å². The second-order valence-electron chi connectivity index (χ2n) is 2.93. The molecule has 1 rings (SSSR count). The number of rotatable bonds is 0. The van der Waals surface area contributed by atoms with Crippen LogP contribution in [0.3, 0.4) is 0 Å². The maximum atomic E-state index is 3.38. The van der Waals surface area contributed by atoms with Crippen molar-refractivity contribution >= 4 is 0 Å². The van der Waals surface area contributed by atoms with Gasteiger partial charge in [0.1, 0.15) is 0 Å². The van der Waals surface area contributed by atoms with Crippen LogP contribution in [0.25, 0.3) is 0 Å². The SMILES string of the molecule is CC1=[C-]CCCCC=C1C.[Pt]. The molecule has 0 heterocycles. The van der Waals surface area contributed by atoms with Gasteiger partial charge in [-0.05, 0) is 0 Å². The van der Waals surface area contributed by atoms with Crippen molar-refractivity contribution in [1.29, 1.82) is 0 Å². The van der Waals surface area contributed by atoms with Crippen molar-refractivity contribution in [2.75, 3.05) is 0 Å². The molecule has 0 aliphatic heterocycles. The van der Waals surface area contributed by atoms with Crippen LogP contribution in [0.5, 0.6) is 0 Å². The average Bonchev–Trinajstić information content (AvgIpc) is 1.92. The standard InChI is InChI=1S/C10H15.Pt/c1-9-7-5-3-4-6-8-10(9)2;/h7H,3-6H2,1-2H3;/q-1;. The van der Waals surface area contributed by atoms with Crippen molar-refractivity contribution in [1.82, 2.24) is 0 Å². The summed E-state index contributed by atoms with van der Waals surface area (Å²) in [6, 6.07) is 0. The van der Waals surface area contributed by atoms with Gasteiger partial charge in [-0.1, -0.05) is 26.2 Å². The predicted molar refractivity (Wildman–Crippen MR) is 44.7 cm³/mol. The molecule has 1 heteroatoms. The van der Waals surface area contributed by atoms with E-state index in [-0.39, 0.29) is 21.1 Å². The predicted octanol–water partition coefficient (Wildman–Crippen LogP) is 3.25. The van der Waals surface area contributed by atoms with Gasteiger partial charge in [0.25, 0.3) is 0 Å². The molecule has 11 heavy (non-hydrogen) atoms. The third-order valence-electron chi connectivity index (χ3n) is 2.06. The zero-order chi connectivity index (χ0) is 7.40. The minimum atomic E-state index is 0. The molecule has 0 radical (unpaired) electrons. The summed E-state index contributed by atoms with van der Waals surface area (Å²) in [6.45, 7) is 4.32. The van der Waals surface area contributed by atoms with E-state index in [9.17, 15) is 0 Å². The van der Waals surface area contributed by atoms with E-state index in [0.717, 1.165) is 6.42 Å². The molecule has 0 aromatic rings. The van der Waals surface area contributed by atoms with Gasteiger partial charge in [-0.2, -0.15) is 6.08 Å². The number of allylic oxidation sites excluding steroid dienone is 4. The Bertz CT molecular complexity index is 146. The first-order chi connectivity index (χ1) is 4.80. The van der Waals surface area contributed by atoms with Gasteiger partial charge in [-0.25, -0.2) is 11.1 Å². The summed E-state index contributed by atoms with van der Waals surface area (Å²) in [5.41, 5.74) is 2.76. The van der Waals surface area contributed by atoms with E-state index in [4.69, 9.17) is 0 Å². The van der Waals surface area contributed by atoms with Crippen molar-refractivity contribution in [3.05, 3.63) is 23.3 Å². The minimum Gasteiger partial charge on any atom is -0.272 e. The molecule has 0 saturated heterocycles. The Hall–Kier alpha value is 0.168. The Morgan fingerprint density at radius 2 is 2.00 bits per heavy atom. The van der Waals surface area contributed by atoms with Gasteiger partial charge in [0.15, 0.2) is 0 Å². The molecule has 0 N–H and O–H groups in total. The second-order valence-corrected chi connectivity index (χ2v) is 2.93. The monoisotopic (exact) mass is 330 g/mol. The molecule has 0 nitrogen and oxygen atoms in total. The van der Waals surface area contributed by atoms with Gasteiger partial charge in [0.2, 0.25) is 0 Å². The van der Waals surface area contributed by atoms with Gasteiger partial charge >= 0.3 is 0 Å². The van der Waals surface area contributed by atoms with Crippen LogP contribution in [-0.4, -0.2) is 0 Å². The zero-order valence-electron chi connectivity index (χ0n) is 7.22. The fraction of sp³-hybridized carbons (Fsp3) is 0.600. The van der Waals surface area contributed by atoms with Gasteiger partial charge in [-0.15, -0.1) is 13.3 Å². The Balaban J connectivity index is 0.000001000. The summed E-state index contributed by atoms with van der Waals surface area (Å²) >= 11 is 0. The van der Waals surface area contributed by atoms with Gasteiger partial charge < -0.3 is 0 Å². The van der Waals surface area contributed by atoms with Crippen molar-refractivity contribution in [3.63, 3.8) is 0 Å². The first-order valence-electron chi connectivity index (χ1n) is 4.05. The smallest absolute Gasteiger partial charge is 0 e. The molecule has 0 bridgehead atoms. The van der Waals surface area contributed by atoms with Crippen LogP contribution in [0.4, 0.5) is 0 Å². The molecule has 1 aliphatic rings. The third kappa shape index (κ3) is 3.91. The maximum Gasteiger partial charge on any atom is 0 e. The van der Waals surface area contributed by atoms with Crippen LogP contribution >= 0.6 is 0 Å². The molecule has 0 atom stereocenters. The minimum absolute atomic E-state index is 0. The maximum absolute atomic E-state index is 3.38. The fourth-order valence-corrected chi connectivity index (χ4v) is 1.16. The molecular weight excluding hydrogens is 315 g/mol. The molecular formula is C10H15Pt-. The third-order valence-corrected chi connectivity index (χ3v) is 2.06. The largest absolute Gasteiger partial charge is 0.272 e. The Morgan fingerprint density at radius 3 is 2.73 bits per heavy atom. The average molecular weight is 330 g/mol. The van der Waals surface area contributed by atoms with E-state index in [2.05, 4.69) is 26.0 Å². The summed E-state index contributed by atoms with van der Waals surface area (Å²) in [5.74, 6) is 0. The number of hydrogen-bond donors (Lipinski definition) is 0. The summed E-state index contributed by atoms with van der Waals surface area (Å²) in [4.78, 5) is 0. The Labute approximate surface area is 84.0 Å². The topological polar surface area (TPSA) is 0 Å². The zero-order valence-corrected chi connectivity index (χ0v) is 9.49. The molecule has 0 fully saturated rings. The van der Waals surface area contributed by atoms with Crippen LogP contribution in [0, 0.1) is 6.08 Å². The first-order valence-corrected chi connectivity index (χ1v) is 4.05. The van der Waals surface area contributed by atoms with Crippen LogP contribution in [0.1, 0.15) is 39.5 Å². The van der Waals surface area contributed by atoms with E-state index in [0.29, 0.717) is 0 Å². The van der Waals surface area contributed by atoms with E-state index >= 15 is 0 Å². The molecule has 1 aliphatic carbocycles. The Morgan fingerprint density at radius 1 is 1.27 bits per heavy atom. The van der Waals surface area contributed by atoms with Crippen LogP contribution < -0.4 is 0 Å². The first kappa shape index (κ1) is 11.2. The van der Waals surface area contributed by atoms with Crippen LogP contribution in [0.15, 0.2) is 17.2 Å². The van der Waals surface area contributed by atoms with Crippen LogP contribution in [0.2, 0.25) is 0 Å². The van der Waals surface area contributed by atoms with Gasteiger partial charge in [0, 0.05) is 21.1 Å². The van der Waals surface area contributed by atoms with Crippen molar-refractivity contribution in [3.8, 4) is 0 Å². The normalized spacial score (nSPS) is 18.7. The molecule has 0 unspecified atom stereocenters. The van der Waals surface area contributed by atoms with E-state index in [1.165, 1.54) is 30.4 Å². The molecule has 0 saturated carbocycles. The van der Waals surface area contributed by atoms with Gasteiger partial charge in [-0.3, -0.25) is 6.08 Å². The van der Waals surface area contributed by atoms with E-state index in [1.54, 1.807) is 0 Å². The summed E-state index contributed by atoms with van der Waals surface area (Å²) in [5, 5.41) is 0. The van der Waals surface area contributed by atoms with Crippen molar-refractivity contribution < 1.29 is 21.1 Å². The summed E-state index contributed by atoms with van der Waals surface area (Å²) in [7, 11) is 0. The summed E-state index contributed by atoms with van der Waals surface area (Å²) < 4.78 is 0. The molecule has 66 valence electrons. The quantitative estimate of drug-likeness (QED) is 0.598. The summed E-state index contributed by atoms with van der Waals surface area (Å²) in [6.07, 6.45) is 10.7. The van der Waals surface area contributed by atoms with Crippen molar-refractivity contribution in [2.24, 2.45) is 0 Å². The fourth-order valence-electron chi connectivity index (χ4n) is 1.16. The van der Waals surface area contributed by atoms with E-state index in [1.807, 2.05) is 0 Å². The molecule has 0 spiro atoms. The van der Waals surface area contributed by atoms with E-state index < -0.39 is 0 Å². The molecule has 0 aromatic carbocycles. The van der Waals surface area contributed by atoms with Crippen molar-refractivity contribution in [2.45, 2.75) is 39.5 Å². The number of hydrogen-bond acceptors (Lipinski definition) is 0. The molecule has 0 amide bonds. The van der Waals surface area contributed by atoms with Crippen LogP contribution in [-0.2, 0) is 21.1 Å². The molecule has 0 aromatic heterocycles. The Kier molecular flexibility index (Phi) is 5.86. The second kappa shape index (κ2) is 5.77.